The van der Waals surface area contributed by atoms with E-state index < -0.39 is 30.7 Å². The molecular formula is C9H13ClN4O5S. The summed E-state index contributed by atoms with van der Waals surface area (Å²) in [5.74, 6) is -1.28. The van der Waals surface area contributed by atoms with Crippen LogP contribution in [0.15, 0.2) is 4.90 Å². The molecule has 1 atom stereocenters. The SMILES string of the molecule is Cc1c(S(=O)(=O)Cl)c([N+](=O)[O-])nn1C(C)C(=O)N(C)C. The molecule has 11 heteroatoms. The van der Waals surface area contributed by atoms with Crippen LogP contribution in [-0.4, -0.2) is 48.0 Å². The number of halogens is 1. The van der Waals surface area contributed by atoms with Crippen LogP contribution in [0.25, 0.3) is 0 Å². The lowest BCUT2D eigenvalue weighted by molar-refractivity contribution is -0.392. The summed E-state index contributed by atoms with van der Waals surface area (Å²) in [5.41, 5.74) is -0.0607. The van der Waals surface area contributed by atoms with Gasteiger partial charge in [0.2, 0.25) is 10.8 Å². The van der Waals surface area contributed by atoms with E-state index in [1.165, 1.54) is 32.8 Å². The smallest absolute Gasteiger partial charge is 0.358 e. The summed E-state index contributed by atoms with van der Waals surface area (Å²) < 4.78 is 23.8. The van der Waals surface area contributed by atoms with Crippen LogP contribution >= 0.6 is 10.7 Å². The quantitative estimate of drug-likeness (QED) is 0.457. The van der Waals surface area contributed by atoms with Gasteiger partial charge in [0.1, 0.15) is 6.04 Å². The number of nitro groups is 1. The summed E-state index contributed by atoms with van der Waals surface area (Å²) in [5, 5.41) is 14.5. The fourth-order valence-corrected chi connectivity index (χ4v) is 3.07. The number of hydrogen-bond donors (Lipinski definition) is 0. The van der Waals surface area contributed by atoms with Crippen molar-refractivity contribution in [3.8, 4) is 0 Å². The molecule has 1 aromatic heterocycles. The van der Waals surface area contributed by atoms with Crippen molar-refractivity contribution in [2.75, 3.05) is 14.1 Å². The van der Waals surface area contributed by atoms with Crippen molar-refractivity contribution < 1.29 is 18.1 Å². The number of carbonyl (C=O) groups is 1. The Morgan fingerprint density at radius 3 is 2.30 bits per heavy atom. The fourth-order valence-electron chi connectivity index (χ4n) is 1.75. The van der Waals surface area contributed by atoms with E-state index in [1.54, 1.807) is 0 Å². The molecule has 1 amide bonds. The van der Waals surface area contributed by atoms with Gasteiger partial charge in [0.15, 0.2) is 0 Å². The maximum absolute atomic E-state index is 11.8. The summed E-state index contributed by atoms with van der Waals surface area (Å²) in [7, 11) is 3.86. The second-order valence-electron chi connectivity index (χ2n) is 4.29. The van der Waals surface area contributed by atoms with Gasteiger partial charge in [-0.15, -0.1) is 0 Å². The van der Waals surface area contributed by atoms with Gasteiger partial charge in [0.05, 0.1) is 10.8 Å². The minimum absolute atomic E-state index is 0.0607. The Balaban J connectivity index is 3.54. The lowest BCUT2D eigenvalue weighted by atomic mass is 10.3. The molecule has 0 bridgehead atoms. The largest absolute Gasteiger partial charge is 0.410 e. The van der Waals surface area contributed by atoms with Crippen LogP contribution in [0.5, 0.6) is 0 Å². The molecule has 0 saturated carbocycles. The predicted octanol–water partition coefficient (Wildman–Crippen LogP) is 0.676. The Bertz CT molecular complexity index is 666. The van der Waals surface area contributed by atoms with E-state index in [4.69, 9.17) is 10.7 Å². The normalized spacial score (nSPS) is 13.1. The van der Waals surface area contributed by atoms with Gasteiger partial charge in [0.25, 0.3) is 9.05 Å². The molecule has 0 radical (unpaired) electrons. The Hall–Kier alpha value is -1.68. The average molecular weight is 325 g/mol. The van der Waals surface area contributed by atoms with Gasteiger partial charge in [0, 0.05) is 24.8 Å². The molecule has 0 aliphatic carbocycles. The van der Waals surface area contributed by atoms with Crippen molar-refractivity contribution in [3.05, 3.63) is 15.8 Å². The lowest BCUT2D eigenvalue weighted by Crippen LogP contribution is -2.31. The average Bonchev–Trinajstić information content (AvgIpc) is 2.64. The van der Waals surface area contributed by atoms with Crippen LogP contribution in [0.1, 0.15) is 18.7 Å². The van der Waals surface area contributed by atoms with Gasteiger partial charge in [-0.25, -0.2) is 8.42 Å². The molecule has 0 aromatic carbocycles. The van der Waals surface area contributed by atoms with Crippen LogP contribution in [0.3, 0.4) is 0 Å². The van der Waals surface area contributed by atoms with Gasteiger partial charge in [-0.2, -0.15) is 4.68 Å². The van der Waals surface area contributed by atoms with E-state index in [2.05, 4.69) is 5.10 Å². The zero-order chi connectivity index (χ0) is 15.8. The van der Waals surface area contributed by atoms with Crippen LogP contribution < -0.4 is 0 Å². The maximum atomic E-state index is 11.8. The molecule has 9 nitrogen and oxygen atoms in total. The van der Waals surface area contributed by atoms with E-state index in [0.717, 1.165) is 4.68 Å². The van der Waals surface area contributed by atoms with Crippen LogP contribution in [0.2, 0.25) is 0 Å². The monoisotopic (exact) mass is 324 g/mol. The third-order valence-electron chi connectivity index (χ3n) is 2.66. The van der Waals surface area contributed by atoms with Gasteiger partial charge in [-0.1, -0.05) is 0 Å². The van der Waals surface area contributed by atoms with Crippen LogP contribution in [0, 0.1) is 17.0 Å². The third-order valence-corrected chi connectivity index (χ3v) is 4.09. The van der Waals surface area contributed by atoms with Crippen molar-refractivity contribution in [2.24, 2.45) is 0 Å². The Morgan fingerprint density at radius 2 is 2.00 bits per heavy atom. The number of aromatic nitrogens is 2. The van der Waals surface area contributed by atoms with Gasteiger partial charge < -0.3 is 15.0 Å². The highest BCUT2D eigenvalue weighted by molar-refractivity contribution is 8.13. The van der Waals surface area contributed by atoms with Crippen molar-refractivity contribution >= 4 is 31.5 Å². The fraction of sp³-hybridized carbons (Fsp3) is 0.556. The van der Waals surface area contributed by atoms with Crippen LogP contribution in [0.4, 0.5) is 5.82 Å². The first-order valence-corrected chi connectivity index (χ1v) is 7.68. The number of likely N-dealkylation sites (N-methyl/N-ethyl adjacent to an activating group) is 1. The van der Waals surface area contributed by atoms with Crippen molar-refractivity contribution in [2.45, 2.75) is 24.8 Å². The van der Waals surface area contributed by atoms with Gasteiger partial charge in [-0.3, -0.25) is 4.79 Å². The second kappa shape index (κ2) is 5.37. The Labute approximate surface area is 119 Å². The first kappa shape index (κ1) is 16.4. The summed E-state index contributed by atoms with van der Waals surface area (Å²) in [4.78, 5) is 22.3. The molecule has 112 valence electrons. The molecule has 0 fully saturated rings. The molecule has 1 heterocycles. The topological polar surface area (TPSA) is 115 Å². The summed E-state index contributed by atoms with van der Waals surface area (Å²) >= 11 is 0. The summed E-state index contributed by atoms with van der Waals surface area (Å²) in [6.45, 7) is 2.76. The highest BCUT2D eigenvalue weighted by Crippen LogP contribution is 2.31. The predicted molar refractivity (Wildman–Crippen MR) is 70.1 cm³/mol. The molecule has 20 heavy (non-hydrogen) atoms. The van der Waals surface area contributed by atoms with Gasteiger partial charge >= 0.3 is 5.82 Å². The zero-order valence-corrected chi connectivity index (χ0v) is 12.8. The number of nitrogens with zero attached hydrogens (tertiary/aromatic N) is 4. The second-order valence-corrected chi connectivity index (χ2v) is 6.79. The Kier molecular flexibility index (Phi) is 4.39. The van der Waals surface area contributed by atoms with E-state index in [0.29, 0.717) is 0 Å². The number of hydrogen-bond acceptors (Lipinski definition) is 6. The molecule has 0 aliphatic rings. The zero-order valence-electron chi connectivity index (χ0n) is 11.2. The third kappa shape index (κ3) is 2.90. The van der Waals surface area contributed by atoms with E-state index in [1.807, 2.05) is 0 Å². The van der Waals surface area contributed by atoms with Crippen molar-refractivity contribution in [1.29, 1.82) is 0 Å². The molecule has 0 saturated heterocycles. The highest BCUT2D eigenvalue weighted by atomic mass is 35.7. The summed E-state index contributed by atoms with van der Waals surface area (Å²) in [6, 6.07) is -0.893. The number of amides is 1. The van der Waals surface area contributed by atoms with Crippen molar-refractivity contribution in [1.82, 2.24) is 14.7 Å². The molecule has 0 spiro atoms. The molecule has 0 N–H and O–H groups in total. The molecule has 1 rings (SSSR count). The molecule has 1 unspecified atom stereocenters. The molecule has 1 aromatic rings. The van der Waals surface area contributed by atoms with Crippen LogP contribution in [-0.2, 0) is 13.8 Å². The minimum atomic E-state index is -4.35. The highest BCUT2D eigenvalue weighted by Gasteiger charge is 2.36. The number of carbonyl (C=O) groups excluding carboxylic acids is 1. The number of rotatable bonds is 4. The first-order chi connectivity index (χ1) is 8.98. The van der Waals surface area contributed by atoms with E-state index >= 15 is 0 Å². The molecular weight excluding hydrogens is 312 g/mol. The van der Waals surface area contributed by atoms with E-state index in [-0.39, 0.29) is 11.6 Å². The maximum Gasteiger partial charge on any atom is 0.410 e. The lowest BCUT2D eigenvalue weighted by Gasteiger charge is -2.15. The Morgan fingerprint density at radius 1 is 1.50 bits per heavy atom. The van der Waals surface area contributed by atoms with Crippen molar-refractivity contribution in [3.63, 3.8) is 0 Å². The van der Waals surface area contributed by atoms with E-state index in [9.17, 15) is 23.3 Å². The standard InChI is InChI=1S/C9H13ClN4O5S/c1-5-7(20(10,18)19)8(14(16)17)11-13(5)6(2)9(15)12(3)4/h6H,1-4H3. The molecule has 0 aliphatic heterocycles. The summed E-state index contributed by atoms with van der Waals surface area (Å²) in [6.07, 6.45) is 0. The minimum Gasteiger partial charge on any atom is -0.358 e. The van der Waals surface area contributed by atoms with Gasteiger partial charge in [-0.05, 0) is 18.8 Å². The first-order valence-electron chi connectivity index (χ1n) is 5.37.